The normalized spacial score (nSPS) is 20.4. The number of nitrogens with two attached hydrogens (primary N) is 1. The van der Waals surface area contributed by atoms with Gasteiger partial charge < -0.3 is 15.5 Å². The predicted molar refractivity (Wildman–Crippen MR) is 66.1 cm³/mol. The summed E-state index contributed by atoms with van der Waals surface area (Å²) in [7, 11) is 0. The molecule has 2 N–H and O–H groups in total. The minimum absolute atomic E-state index is 0.801. The van der Waals surface area contributed by atoms with Crippen molar-refractivity contribution in [1.82, 2.24) is 9.80 Å². The molecule has 0 aromatic carbocycles. The Morgan fingerprint density at radius 3 is 2.20 bits per heavy atom. The highest BCUT2D eigenvalue weighted by Gasteiger charge is 2.13. The fraction of sp³-hybridized carbons (Fsp3) is 1.00. The number of hydrogen-bond donors (Lipinski definition) is 1. The van der Waals surface area contributed by atoms with Crippen molar-refractivity contribution < 1.29 is 0 Å². The highest BCUT2D eigenvalue weighted by Crippen LogP contribution is 2.04. The summed E-state index contributed by atoms with van der Waals surface area (Å²) < 4.78 is 0. The van der Waals surface area contributed by atoms with Crippen LogP contribution < -0.4 is 5.73 Å². The average Bonchev–Trinajstić information content (AvgIpc) is 2.45. The van der Waals surface area contributed by atoms with E-state index in [9.17, 15) is 0 Å². The van der Waals surface area contributed by atoms with Gasteiger partial charge in [-0.3, -0.25) is 0 Å². The van der Waals surface area contributed by atoms with Gasteiger partial charge in [0.2, 0.25) is 0 Å². The van der Waals surface area contributed by atoms with Gasteiger partial charge in [-0.05, 0) is 32.5 Å². The van der Waals surface area contributed by atoms with E-state index in [0.29, 0.717) is 0 Å². The third-order valence-electron chi connectivity index (χ3n) is 3.20. The molecular weight excluding hydrogens is 186 g/mol. The molecular formula is C12H27N3. The Balaban J connectivity index is 2.14. The summed E-state index contributed by atoms with van der Waals surface area (Å²) in [6.07, 6.45) is 5.38. The number of nitrogens with zero attached hydrogens (tertiary/aromatic N) is 2. The van der Waals surface area contributed by atoms with Crippen molar-refractivity contribution in [1.29, 1.82) is 0 Å². The van der Waals surface area contributed by atoms with Crippen molar-refractivity contribution in [3.05, 3.63) is 0 Å². The van der Waals surface area contributed by atoms with Crippen molar-refractivity contribution in [3.63, 3.8) is 0 Å². The molecule has 15 heavy (non-hydrogen) atoms. The van der Waals surface area contributed by atoms with Gasteiger partial charge in [0.05, 0.1) is 0 Å². The van der Waals surface area contributed by atoms with Gasteiger partial charge in [-0.15, -0.1) is 0 Å². The third kappa shape index (κ3) is 5.50. The van der Waals surface area contributed by atoms with E-state index < -0.39 is 0 Å². The topological polar surface area (TPSA) is 32.5 Å². The smallest absolute Gasteiger partial charge is 0.0110 e. The lowest BCUT2D eigenvalue weighted by Crippen LogP contribution is -2.34. The molecule has 0 spiro atoms. The quantitative estimate of drug-likeness (QED) is 0.672. The molecule has 1 rings (SSSR count). The number of rotatable bonds is 6. The summed E-state index contributed by atoms with van der Waals surface area (Å²) >= 11 is 0. The van der Waals surface area contributed by atoms with Crippen molar-refractivity contribution in [2.45, 2.75) is 32.6 Å². The molecule has 3 nitrogen and oxygen atoms in total. The van der Waals surface area contributed by atoms with Crippen molar-refractivity contribution in [3.8, 4) is 0 Å². The van der Waals surface area contributed by atoms with Crippen molar-refractivity contribution in [2.24, 2.45) is 5.73 Å². The standard InChI is InChI=1S/C12H27N3/c1-2-3-4-7-14-8-5-9-15(10-6-13)12-11-14/h2-13H2,1H3. The van der Waals surface area contributed by atoms with Crippen molar-refractivity contribution in [2.75, 3.05) is 45.8 Å². The van der Waals surface area contributed by atoms with Crippen LogP contribution in [0.1, 0.15) is 32.6 Å². The van der Waals surface area contributed by atoms with Gasteiger partial charge >= 0.3 is 0 Å². The highest BCUT2D eigenvalue weighted by atomic mass is 15.2. The van der Waals surface area contributed by atoms with Crippen LogP contribution in [-0.2, 0) is 0 Å². The van der Waals surface area contributed by atoms with Gasteiger partial charge in [0.15, 0.2) is 0 Å². The van der Waals surface area contributed by atoms with Gasteiger partial charge in [0.25, 0.3) is 0 Å². The molecule has 1 fully saturated rings. The summed E-state index contributed by atoms with van der Waals surface area (Å²) in [6, 6.07) is 0. The lowest BCUT2D eigenvalue weighted by molar-refractivity contribution is 0.256. The molecule has 0 radical (unpaired) electrons. The zero-order chi connectivity index (χ0) is 10.9. The van der Waals surface area contributed by atoms with E-state index in [-0.39, 0.29) is 0 Å². The van der Waals surface area contributed by atoms with Crippen molar-refractivity contribution >= 4 is 0 Å². The zero-order valence-corrected chi connectivity index (χ0v) is 10.2. The van der Waals surface area contributed by atoms with E-state index in [4.69, 9.17) is 5.73 Å². The first-order valence-corrected chi connectivity index (χ1v) is 6.51. The van der Waals surface area contributed by atoms with Gasteiger partial charge in [-0.25, -0.2) is 0 Å². The van der Waals surface area contributed by atoms with Crippen LogP contribution in [0.3, 0.4) is 0 Å². The van der Waals surface area contributed by atoms with Crippen LogP contribution in [-0.4, -0.2) is 55.6 Å². The lowest BCUT2D eigenvalue weighted by Gasteiger charge is -2.21. The third-order valence-corrected chi connectivity index (χ3v) is 3.20. The molecule has 1 saturated heterocycles. The Bertz CT molecular complexity index is 150. The van der Waals surface area contributed by atoms with E-state index in [1.807, 2.05) is 0 Å². The highest BCUT2D eigenvalue weighted by molar-refractivity contribution is 4.69. The average molecular weight is 213 g/mol. The predicted octanol–water partition coefficient (Wildman–Crippen LogP) is 1.14. The molecule has 0 saturated carbocycles. The van der Waals surface area contributed by atoms with E-state index in [0.717, 1.165) is 13.1 Å². The minimum Gasteiger partial charge on any atom is -0.329 e. The summed E-state index contributed by atoms with van der Waals surface area (Å²) in [6.45, 7) is 10.4. The van der Waals surface area contributed by atoms with Crippen LogP contribution in [0, 0.1) is 0 Å². The molecule has 0 unspecified atom stereocenters. The fourth-order valence-electron chi connectivity index (χ4n) is 2.24. The van der Waals surface area contributed by atoms with Crippen LogP contribution >= 0.6 is 0 Å². The second-order valence-corrected chi connectivity index (χ2v) is 4.53. The lowest BCUT2D eigenvalue weighted by atomic mass is 10.2. The Morgan fingerprint density at radius 1 is 0.933 bits per heavy atom. The monoisotopic (exact) mass is 213 g/mol. The minimum atomic E-state index is 0.801. The summed E-state index contributed by atoms with van der Waals surface area (Å²) in [5, 5.41) is 0. The molecule has 0 amide bonds. The van der Waals surface area contributed by atoms with E-state index in [2.05, 4.69) is 16.7 Å². The molecule has 3 heteroatoms. The van der Waals surface area contributed by atoms with E-state index >= 15 is 0 Å². The molecule has 1 heterocycles. The van der Waals surface area contributed by atoms with Gasteiger partial charge in [0.1, 0.15) is 0 Å². The number of hydrogen-bond acceptors (Lipinski definition) is 3. The molecule has 0 aliphatic carbocycles. The summed E-state index contributed by atoms with van der Waals surface area (Å²) in [5.74, 6) is 0. The number of unbranched alkanes of at least 4 members (excludes halogenated alkanes) is 2. The molecule has 0 bridgehead atoms. The first-order valence-electron chi connectivity index (χ1n) is 6.51. The SMILES string of the molecule is CCCCCN1CCCN(CCN)CC1. The van der Waals surface area contributed by atoms with Crippen LogP contribution in [0.25, 0.3) is 0 Å². The first kappa shape index (κ1) is 12.9. The molecule has 0 aromatic rings. The Morgan fingerprint density at radius 2 is 1.60 bits per heavy atom. The Kier molecular flexibility index (Phi) is 6.98. The van der Waals surface area contributed by atoms with E-state index in [1.54, 1.807) is 0 Å². The second kappa shape index (κ2) is 8.08. The van der Waals surface area contributed by atoms with E-state index in [1.165, 1.54) is 58.4 Å². The zero-order valence-electron chi connectivity index (χ0n) is 10.2. The first-order chi connectivity index (χ1) is 7.36. The molecule has 1 aliphatic heterocycles. The maximum absolute atomic E-state index is 5.59. The van der Waals surface area contributed by atoms with Gasteiger partial charge in [-0.2, -0.15) is 0 Å². The maximum atomic E-state index is 5.59. The molecule has 90 valence electrons. The summed E-state index contributed by atoms with van der Waals surface area (Å²) in [5.41, 5.74) is 5.59. The molecule has 0 aromatic heterocycles. The van der Waals surface area contributed by atoms with Crippen LogP contribution in [0.15, 0.2) is 0 Å². The van der Waals surface area contributed by atoms with Crippen LogP contribution in [0.2, 0.25) is 0 Å². The van der Waals surface area contributed by atoms with Gasteiger partial charge in [0, 0.05) is 26.2 Å². The van der Waals surface area contributed by atoms with Crippen LogP contribution in [0.5, 0.6) is 0 Å². The van der Waals surface area contributed by atoms with Crippen LogP contribution in [0.4, 0.5) is 0 Å². The molecule has 0 atom stereocenters. The maximum Gasteiger partial charge on any atom is 0.0110 e. The Hall–Kier alpha value is -0.120. The fourth-order valence-corrected chi connectivity index (χ4v) is 2.24. The largest absolute Gasteiger partial charge is 0.329 e. The Labute approximate surface area is 94.6 Å². The van der Waals surface area contributed by atoms with Gasteiger partial charge in [-0.1, -0.05) is 19.8 Å². The summed E-state index contributed by atoms with van der Waals surface area (Å²) in [4.78, 5) is 5.12. The second-order valence-electron chi connectivity index (χ2n) is 4.53. The molecule has 1 aliphatic rings.